The van der Waals surface area contributed by atoms with E-state index in [0.717, 1.165) is 12.0 Å². The van der Waals surface area contributed by atoms with Gasteiger partial charge in [0.1, 0.15) is 0 Å². The number of halogens is 2. The van der Waals surface area contributed by atoms with Crippen molar-refractivity contribution in [1.82, 2.24) is 0 Å². The Labute approximate surface area is 87.5 Å². The number of hydrogen-bond donors (Lipinski definition) is 0. The minimum atomic E-state index is 0.618. The molecule has 0 saturated carbocycles. The molecule has 0 atom stereocenters. The second kappa shape index (κ2) is 3.57. The van der Waals surface area contributed by atoms with E-state index >= 15 is 0 Å². The highest BCUT2D eigenvalue weighted by atomic mass is 35.5. The smallest absolute Gasteiger partial charge is 0.0667 e. The molecule has 2 heteroatoms. The van der Waals surface area contributed by atoms with Crippen LogP contribution in [0.25, 0.3) is 5.57 Å². The summed E-state index contributed by atoms with van der Waals surface area (Å²) in [5.41, 5.74) is 2.27. The highest BCUT2D eigenvalue weighted by molar-refractivity contribution is 6.43. The third-order valence-corrected chi connectivity index (χ3v) is 2.89. The first-order valence-corrected chi connectivity index (χ1v) is 4.85. The van der Waals surface area contributed by atoms with Gasteiger partial charge >= 0.3 is 0 Å². The zero-order valence-electron chi connectivity index (χ0n) is 6.93. The number of rotatable bonds is 1. The van der Waals surface area contributed by atoms with Crippen molar-refractivity contribution in [2.75, 3.05) is 0 Å². The van der Waals surface area contributed by atoms with Crippen LogP contribution in [0.4, 0.5) is 0 Å². The molecule has 66 valence electrons. The van der Waals surface area contributed by atoms with E-state index in [-0.39, 0.29) is 0 Å². The van der Waals surface area contributed by atoms with E-state index in [9.17, 15) is 0 Å². The Morgan fingerprint density at radius 1 is 1.15 bits per heavy atom. The standard InChI is InChI=1S/C11H8Cl2/c12-10-7-3-6-9(11(10)13)8-4-1-2-5-8/h1-4,6-7H,5H2. The number of benzene rings is 1. The summed E-state index contributed by atoms with van der Waals surface area (Å²) in [7, 11) is 0. The van der Waals surface area contributed by atoms with E-state index in [4.69, 9.17) is 23.2 Å². The maximum atomic E-state index is 6.07. The molecule has 1 aliphatic carbocycles. The van der Waals surface area contributed by atoms with E-state index in [1.807, 2.05) is 18.2 Å². The van der Waals surface area contributed by atoms with Crippen molar-refractivity contribution in [3.8, 4) is 0 Å². The van der Waals surface area contributed by atoms with Gasteiger partial charge in [0.2, 0.25) is 0 Å². The molecule has 0 fully saturated rings. The molecule has 0 bridgehead atoms. The first-order valence-electron chi connectivity index (χ1n) is 4.09. The third kappa shape index (κ3) is 1.65. The Kier molecular flexibility index (Phi) is 2.43. The molecule has 13 heavy (non-hydrogen) atoms. The molecular formula is C11H8Cl2. The average Bonchev–Trinajstić information content (AvgIpc) is 2.62. The van der Waals surface area contributed by atoms with Crippen molar-refractivity contribution in [3.05, 3.63) is 52.0 Å². The molecule has 0 N–H and O–H groups in total. The quantitative estimate of drug-likeness (QED) is 0.648. The minimum absolute atomic E-state index is 0.618. The molecule has 0 nitrogen and oxygen atoms in total. The van der Waals surface area contributed by atoms with Crippen molar-refractivity contribution >= 4 is 28.8 Å². The largest absolute Gasteiger partial charge is 0.0827 e. The van der Waals surface area contributed by atoms with E-state index < -0.39 is 0 Å². The van der Waals surface area contributed by atoms with E-state index in [0.29, 0.717) is 10.0 Å². The van der Waals surface area contributed by atoms with Crippen molar-refractivity contribution in [1.29, 1.82) is 0 Å². The maximum Gasteiger partial charge on any atom is 0.0667 e. The van der Waals surface area contributed by atoms with Gasteiger partial charge < -0.3 is 0 Å². The van der Waals surface area contributed by atoms with Crippen molar-refractivity contribution < 1.29 is 0 Å². The summed E-state index contributed by atoms with van der Waals surface area (Å²) in [6.45, 7) is 0. The van der Waals surface area contributed by atoms with Crippen LogP contribution < -0.4 is 0 Å². The Morgan fingerprint density at radius 3 is 2.69 bits per heavy atom. The molecule has 1 aliphatic rings. The van der Waals surface area contributed by atoms with Crippen LogP contribution in [0, 0.1) is 0 Å². The van der Waals surface area contributed by atoms with Crippen LogP contribution in [0.15, 0.2) is 36.4 Å². The second-order valence-electron chi connectivity index (χ2n) is 2.93. The number of allylic oxidation sites excluding steroid dienone is 4. The van der Waals surface area contributed by atoms with Gasteiger partial charge in [-0.15, -0.1) is 0 Å². The minimum Gasteiger partial charge on any atom is -0.0827 e. The molecule has 0 spiro atoms. The summed E-state index contributed by atoms with van der Waals surface area (Å²) in [5, 5.41) is 1.27. The van der Waals surface area contributed by atoms with Crippen LogP contribution in [0.1, 0.15) is 12.0 Å². The van der Waals surface area contributed by atoms with Gasteiger partial charge in [-0.2, -0.15) is 0 Å². The van der Waals surface area contributed by atoms with Crippen molar-refractivity contribution in [2.24, 2.45) is 0 Å². The monoisotopic (exact) mass is 210 g/mol. The van der Waals surface area contributed by atoms with Crippen LogP contribution in [-0.4, -0.2) is 0 Å². The van der Waals surface area contributed by atoms with Gasteiger partial charge in [-0.1, -0.05) is 53.6 Å². The molecule has 2 rings (SSSR count). The summed E-state index contributed by atoms with van der Waals surface area (Å²) in [6.07, 6.45) is 7.15. The zero-order chi connectivity index (χ0) is 9.26. The van der Waals surface area contributed by atoms with Gasteiger partial charge in [0, 0.05) is 0 Å². The lowest BCUT2D eigenvalue weighted by molar-refractivity contribution is 1.43. The van der Waals surface area contributed by atoms with Crippen LogP contribution in [-0.2, 0) is 0 Å². The maximum absolute atomic E-state index is 6.07. The zero-order valence-corrected chi connectivity index (χ0v) is 8.44. The highest BCUT2D eigenvalue weighted by Crippen LogP contribution is 2.33. The van der Waals surface area contributed by atoms with Crippen LogP contribution >= 0.6 is 23.2 Å². The SMILES string of the molecule is Clc1cccc(C2=CC=CC2)c1Cl. The molecule has 1 aromatic carbocycles. The van der Waals surface area contributed by atoms with Crippen molar-refractivity contribution in [2.45, 2.75) is 6.42 Å². The molecule has 1 aromatic rings. The molecule has 0 radical (unpaired) electrons. The summed E-state index contributed by atoms with van der Waals surface area (Å²) < 4.78 is 0. The fourth-order valence-electron chi connectivity index (χ4n) is 1.40. The summed E-state index contributed by atoms with van der Waals surface area (Å²) >= 11 is 12.0. The Balaban J connectivity index is 2.46. The van der Waals surface area contributed by atoms with Crippen LogP contribution in [0.2, 0.25) is 10.0 Å². The van der Waals surface area contributed by atoms with Gasteiger partial charge in [-0.3, -0.25) is 0 Å². The van der Waals surface area contributed by atoms with Gasteiger partial charge in [0.05, 0.1) is 10.0 Å². The van der Waals surface area contributed by atoms with Crippen molar-refractivity contribution in [3.63, 3.8) is 0 Å². The fraction of sp³-hybridized carbons (Fsp3) is 0.0909. The Morgan fingerprint density at radius 2 is 2.00 bits per heavy atom. The predicted molar refractivity (Wildman–Crippen MR) is 58.2 cm³/mol. The molecule has 0 unspecified atom stereocenters. The third-order valence-electron chi connectivity index (χ3n) is 2.07. The second-order valence-corrected chi connectivity index (χ2v) is 3.71. The van der Waals surface area contributed by atoms with Crippen LogP contribution in [0.5, 0.6) is 0 Å². The summed E-state index contributed by atoms with van der Waals surface area (Å²) in [5.74, 6) is 0. The van der Waals surface area contributed by atoms with Gasteiger partial charge in [0.25, 0.3) is 0 Å². The lowest BCUT2D eigenvalue weighted by Crippen LogP contribution is -1.83. The van der Waals surface area contributed by atoms with Gasteiger partial charge in [-0.25, -0.2) is 0 Å². The fourth-order valence-corrected chi connectivity index (χ4v) is 1.82. The molecule has 0 saturated heterocycles. The molecule has 0 aromatic heterocycles. The van der Waals surface area contributed by atoms with E-state index in [1.54, 1.807) is 6.07 Å². The van der Waals surface area contributed by atoms with Gasteiger partial charge in [0.15, 0.2) is 0 Å². The first-order chi connectivity index (χ1) is 6.29. The normalized spacial score (nSPS) is 14.8. The van der Waals surface area contributed by atoms with Crippen LogP contribution in [0.3, 0.4) is 0 Å². The number of hydrogen-bond acceptors (Lipinski definition) is 0. The molecular weight excluding hydrogens is 203 g/mol. The van der Waals surface area contributed by atoms with Gasteiger partial charge in [-0.05, 0) is 23.6 Å². The Bertz CT molecular complexity index is 389. The topological polar surface area (TPSA) is 0 Å². The average molecular weight is 211 g/mol. The Hall–Kier alpha value is -0.720. The lowest BCUT2D eigenvalue weighted by atomic mass is 10.1. The summed E-state index contributed by atoms with van der Waals surface area (Å²) in [4.78, 5) is 0. The van der Waals surface area contributed by atoms with E-state index in [1.165, 1.54) is 5.57 Å². The molecule has 0 heterocycles. The highest BCUT2D eigenvalue weighted by Gasteiger charge is 2.09. The van der Waals surface area contributed by atoms with E-state index in [2.05, 4.69) is 12.2 Å². The lowest BCUT2D eigenvalue weighted by Gasteiger charge is -2.05. The molecule has 0 amide bonds. The first kappa shape index (κ1) is 8.86. The predicted octanol–water partition coefficient (Wildman–Crippen LogP) is 4.34. The molecule has 0 aliphatic heterocycles. The summed E-state index contributed by atoms with van der Waals surface area (Å²) in [6, 6.07) is 5.71.